The van der Waals surface area contributed by atoms with E-state index in [-0.39, 0.29) is 36.7 Å². The minimum Gasteiger partial charge on any atom is -0.491 e. The van der Waals surface area contributed by atoms with Crippen LogP contribution in [0.25, 0.3) is 0 Å². The van der Waals surface area contributed by atoms with Crippen LogP contribution in [0.3, 0.4) is 0 Å². The zero-order chi connectivity index (χ0) is 34.2. The Morgan fingerprint density at radius 1 is 0.761 bits per heavy atom. The Morgan fingerprint density at radius 2 is 1.33 bits per heavy atom. The van der Waals surface area contributed by atoms with Crippen LogP contribution in [-0.2, 0) is 36.9 Å². The molecule has 46 heavy (non-hydrogen) atoms. The van der Waals surface area contributed by atoms with Crippen LogP contribution in [0.4, 0.5) is 0 Å². The first kappa shape index (κ1) is 38.2. The molecule has 0 saturated heterocycles. The van der Waals surface area contributed by atoms with Gasteiger partial charge in [0.05, 0.1) is 18.8 Å². The smallest absolute Gasteiger partial charge is 0.257 e. The van der Waals surface area contributed by atoms with Crippen molar-refractivity contribution in [2.45, 2.75) is 78.7 Å². The normalized spacial score (nSPS) is 13.9. The first-order valence-electron chi connectivity index (χ1n) is 15.6. The Balaban J connectivity index is 2.36. The van der Waals surface area contributed by atoms with Gasteiger partial charge in [-0.2, -0.15) is 0 Å². The molecule has 5 N–H and O–H groups in total. The molecule has 0 aliphatic carbocycles. The molecule has 0 saturated carbocycles. The molecule has 2 rings (SSSR count). The van der Waals surface area contributed by atoms with E-state index in [0.29, 0.717) is 25.4 Å². The summed E-state index contributed by atoms with van der Waals surface area (Å²) >= 11 is 0. The zero-order valence-electron chi connectivity index (χ0n) is 28.0. The molecule has 0 aliphatic rings. The Hall–Kier alpha value is -4.00. The van der Waals surface area contributed by atoms with Gasteiger partial charge in [0.25, 0.3) is 5.91 Å². The van der Waals surface area contributed by atoms with Gasteiger partial charge in [0, 0.05) is 34.0 Å². The van der Waals surface area contributed by atoms with Crippen molar-refractivity contribution < 1.29 is 33.8 Å². The summed E-state index contributed by atoms with van der Waals surface area (Å²) in [6.45, 7) is 11.0. The quantitative estimate of drug-likeness (QED) is 0.115. The number of hydrogen-bond donors (Lipinski definition) is 5. The number of ether oxygens (including phenoxy) is 2. The van der Waals surface area contributed by atoms with E-state index in [1.54, 1.807) is 12.1 Å². The first-order valence-corrected chi connectivity index (χ1v) is 15.6. The van der Waals surface area contributed by atoms with Gasteiger partial charge in [0.15, 0.2) is 0 Å². The van der Waals surface area contributed by atoms with E-state index in [1.165, 1.54) is 13.8 Å². The van der Waals surface area contributed by atoms with Crippen LogP contribution in [0.1, 0.15) is 52.7 Å². The molecule has 0 radical (unpaired) electrons. The second-order valence-corrected chi connectivity index (χ2v) is 12.1. The third kappa shape index (κ3) is 13.6. The lowest BCUT2D eigenvalue weighted by Crippen LogP contribution is -2.59. The number of methoxy groups -OCH3 is 1. The Morgan fingerprint density at radius 3 is 1.85 bits per heavy atom. The first-order chi connectivity index (χ1) is 21.8. The monoisotopic (exact) mass is 641 g/mol. The molecule has 4 atom stereocenters. The maximum Gasteiger partial charge on any atom is 0.257 e. The molecular weight excluding hydrogens is 590 g/mol. The van der Waals surface area contributed by atoms with Crippen LogP contribution in [0, 0.1) is 11.8 Å². The fourth-order valence-corrected chi connectivity index (χ4v) is 4.81. The average molecular weight is 642 g/mol. The Kier molecular flexibility index (Phi) is 16.2. The lowest BCUT2D eigenvalue weighted by molar-refractivity contribution is -0.134. The summed E-state index contributed by atoms with van der Waals surface area (Å²) in [4.78, 5) is 50.5. The number of hydrogen-bond acceptors (Lipinski definition) is 8. The van der Waals surface area contributed by atoms with E-state index in [2.05, 4.69) is 21.4 Å². The van der Waals surface area contributed by atoms with Gasteiger partial charge in [-0.1, -0.05) is 70.2 Å². The summed E-state index contributed by atoms with van der Waals surface area (Å²) in [5.74, 6) is -1.28. The molecule has 0 aromatic heterocycles. The number of aliphatic hydroxyl groups is 1. The van der Waals surface area contributed by atoms with Gasteiger partial charge in [-0.15, -0.1) is 0 Å². The standard InChI is InChI=1S/C34H51N5O7/c1-22(2)31(35-24(5)40)33(43)37-29(19-26-11-9-8-10-12-26)30(42)21-39(38-34(44)32(23(3)4)36-25(6)41)20-27-13-15-28(16-14-27)46-18-17-45-7/h8-16,22-23,29-32,42H,17-21H2,1-7H3,(H,35,40)(H,36,41)(H,37,43)(H,38,44)/t29-,30-,31-,32-/m0/s1. The molecule has 0 bridgehead atoms. The third-order valence-corrected chi connectivity index (χ3v) is 7.24. The Bertz CT molecular complexity index is 1240. The van der Waals surface area contributed by atoms with E-state index in [4.69, 9.17) is 9.47 Å². The minimum absolute atomic E-state index is 0.0625. The van der Waals surface area contributed by atoms with E-state index < -0.39 is 36.0 Å². The van der Waals surface area contributed by atoms with E-state index in [1.807, 2.05) is 82.3 Å². The van der Waals surface area contributed by atoms with Crippen LogP contribution in [0.5, 0.6) is 5.75 Å². The number of carbonyl (C=O) groups is 4. The molecule has 0 heterocycles. The van der Waals surface area contributed by atoms with Crippen molar-refractivity contribution in [3.05, 3.63) is 65.7 Å². The fourth-order valence-electron chi connectivity index (χ4n) is 4.81. The van der Waals surface area contributed by atoms with E-state index in [9.17, 15) is 24.3 Å². The Labute approximate surface area is 272 Å². The SMILES string of the molecule is COCCOc1ccc(CN(C[C@H](O)[C@H](Cc2ccccc2)NC(=O)[C@@H](NC(C)=O)C(C)C)NC(=O)[C@@H](NC(C)=O)C(C)C)cc1. The highest BCUT2D eigenvalue weighted by atomic mass is 16.5. The van der Waals surface area contributed by atoms with Gasteiger partial charge < -0.3 is 30.5 Å². The van der Waals surface area contributed by atoms with Crippen LogP contribution in [-0.4, -0.2) is 84.8 Å². The van der Waals surface area contributed by atoms with Gasteiger partial charge >= 0.3 is 0 Å². The highest BCUT2D eigenvalue weighted by Crippen LogP contribution is 2.15. The van der Waals surface area contributed by atoms with Crippen LogP contribution in [0.15, 0.2) is 54.6 Å². The van der Waals surface area contributed by atoms with E-state index in [0.717, 1.165) is 11.1 Å². The van der Waals surface area contributed by atoms with Crippen molar-refractivity contribution >= 4 is 23.6 Å². The molecule has 0 fully saturated rings. The molecule has 0 spiro atoms. The number of amides is 4. The van der Waals surface area contributed by atoms with Crippen molar-refractivity contribution in [1.29, 1.82) is 0 Å². The fraction of sp³-hybridized carbons (Fsp3) is 0.529. The predicted octanol–water partition coefficient (Wildman–Crippen LogP) is 1.95. The molecule has 0 aliphatic heterocycles. The number of carbonyl (C=O) groups excluding carboxylic acids is 4. The second kappa shape index (κ2) is 19.5. The van der Waals surface area contributed by atoms with Crippen molar-refractivity contribution in [2.24, 2.45) is 11.8 Å². The number of rotatable bonds is 19. The topological polar surface area (TPSA) is 158 Å². The predicted molar refractivity (Wildman–Crippen MR) is 175 cm³/mol. The molecule has 12 heteroatoms. The zero-order valence-corrected chi connectivity index (χ0v) is 28.0. The lowest BCUT2D eigenvalue weighted by Gasteiger charge is -2.33. The molecule has 254 valence electrons. The van der Waals surface area contributed by atoms with Gasteiger partial charge in [0.1, 0.15) is 24.4 Å². The van der Waals surface area contributed by atoms with Crippen LogP contribution >= 0.6 is 0 Å². The molecule has 0 unspecified atom stereocenters. The second-order valence-electron chi connectivity index (χ2n) is 12.1. The lowest BCUT2D eigenvalue weighted by atomic mass is 9.98. The summed E-state index contributed by atoms with van der Waals surface area (Å²) in [5.41, 5.74) is 4.59. The van der Waals surface area contributed by atoms with Gasteiger partial charge in [-0.3, -0.25) is 24.6 Å². The van der Waals surface area contributed by atoms with Gasteiger partial charge in [-0.05, 0) is 41.5 Å². The number of nitrogens with zero attached hydrogens (tertiary/aromatic N) is 1. The number of hydrazine groups is 1. The van der Waals surface area contributed by atoms with E-state index >= 15 is 0 Å². The highest BCUT2D eigenvalue weighted by Gasteiger charge is 2.31. The van der Waals surface area contributed by atoms with Crippen molar-refractivity contribution in [3.8, 4) is 5.75 Å². The van der Waals surface area contributed by atoms with Gasteiger partial charge in [0.2, 0.25) is 17.7 Å². The highest BCUT2D eigenvalue weighted by molar-refractivity contribution is 5.87. The molecule has 12 nitrogen and oxygen atoms in total. The average Bonchev–Trinajstić information content (AvgIpc) is 2.99. The molecular formula is C34H51N5O7. The largest absolute Gasteiger partial charge is 0.491 e. The van der Waals surface area contributed by atoms with Crippen molar-refractivity contribution in [1.82, 2.24) is 26.4 Å². The molecule has 2 aromatic rings. The summed E-state index contributed by atoms with van der Waals surface area (Å²) in [6.07, 6.45) is -0.849. The molecule has 4 amide bonds. The minimum atomic E-state index is -1.15. The summed E-state index contributed by atoms with van der Waals surface area (Å²) in [5, 5.41) is 21.6. The number of nitrogens with one attached hydrogen (secondary N) is 4. The third-order valence-electron chi connectivity index (χ3n) is 7.24. The van der Waals surface area contributed by atoms with Gasteiger partial charge in [-0.25, -0.2) is 5.01 Å². The summed E-state index contributed by atoms with van der Waals surface area (Å²) < 4.78 is 10.7. The maximum atomic E-state index is 13.4. The number of benzene rings is 2. The molecule has 2 aromatic carbocycles. The van der Waals surface area contributed by atoms with Crippen molar-refractivity contribution in [3.63, 3.8) is 0 Å². The number of aliphatic hydroxyl groups excluding tert-OH is 1. The summed E-state index contributed by atoms with van der Waals surface area (Å²) in [7, 11) is 1.60. The van der Waals surface area contributed by atoms with Crippen LogP contribution < -0.4 is 26.1 Å². The van der Waals surface area contributed by atoms with Crippen LogP contribution in [0.2, 0.25) is 0 Å². The maximum absolute atomic E-state index is 13.4. The van der Waals surface area contributed by atoms with Crippen molar-refractivity contribution in [2.75, 3.05) is 26.9 Å². The summed E-state index contributed by atoms with van der Waals surface area (Å²) in [6, 6.07) is 14.4.